The van der Waals surface area contributed by atoms with Gasteiger partial charge in [-0.2, -0.15) is 0 Å². The van der Waals surface area contributed by atoms with Gasteiger partial charge in [0.25, 0.3) is 17.7 Å². The predicted octanol–water partition coefficient (Wildman–Crippen LogP) is 9.09. The molecule has 6 amide bonds. The number of nitrogens with one attached hydrogen (secondary N) is 3. The molecule has 6 aromatic rings. The highest BCUT2D eigenvalue weighted by Gasteiger charge is 2.49. The number of aromatic nitrogens is 3. The van der Waals surface area contributed by atoms with Gasteiger partial charge in [-0.15, -0.1) is 0 Å². The summed E-state index contributed by atoms with van der Waals surface area (Å²) in [4.78, 5) is 90.8. The van der Waals surface area contributed by atoms with E-state index in [9.17, 15) is 33.2 Å². The lowest BCUT2D eigenvalue weighted by Crippen LogP contribution is -2.37. The highest BCUT2D eigenvalue weighted by atomic mass is 35.5. The molecule has 0 radical (unpaired) electrons. The van der Waals surface area contributed by atoms with Crippen molar-refractivity contribution >= 4 is 81.2 Å². The summed E-state index contributed by atoms with van der Waals surface area (Å²) in [6, 6.07) is 22.4. The zero-order valence-corrected chi connectivity index (χ0v) is 40.6. The van der Waals surface area contributed by atoms with Crippen LogP contribution >= 0.6 is 11.6 Å². The van der Waals surface area contributed by atoms with E-state index in [1.54, 1.807) is 81.5 Å². The minimum Gasteiger partial charge on any atom is -0.322 e. The number of carbonyl (C=O) groups is 6. The Hall–Kier alpha value is -7.85. The monoisotopic (exact) mass is 963 g/mol. The van der Waals surface area contributed by atoms with Gasteiger partial charge in [-0.1, -0.05) is 23.7 Å². The van der Waals surface area contributed by atoms with Gasteiger partial charge in [0.2, 0.25) is 17.7 Å². The maximum absolute atomic E-state index is 14.4. The van der Waals surface area contributed by atoms with Crippen molar-refractivity contribution in [2.75, 3.05) is 44.7 Å². The number of likely N-dealkylation sites (N-methyl/N-ethyl adjacent to an activating group) is 2. The maximum atomic E-state index is 14.4. The van der Waals surface area contributed by atoms with Gasteiger partial charge >= 0.3 is 0 Å². The van der Waals surface area contributed by atoms with Crippen molar-refractivity contribution in [3.05, 3.63) is 160 Å². The minimum atomic E-state index is -0.779. The number of nitrogens with zero attached hydrogens (tertiary/aromatic N) is 6. The summed E-state index contributed by atoms with van der Waals surface area (Å²) in [5.41, 5.74) is 5.61. The Bertz CT molecular complexity index is 3110. The molecular weight excluding hydrogens is 913 g/mol. The number of benzene rings is 3. The molecule has 1 saturated carbocycles. The first-order chi connectivity index (χ1) is 33.1. The van der Waals surface area contributed by atoms with Gasteiger partial charge in [-0.05, 0) is 138 Å². The molecule has 1 fully saturated rings. The highest BCUT2D eigenvalue weighted by Crippen LogP contribution is 2.48. The SMILES string of the molecule is CC1(C)C(=O)N(C2CC2)c2cc(NC(=O)c3cccnc3)ccc21.CN1C(=O)C(C)(C)c2cc(F)c(NC(=O)c3ccncc3)cc21.CN1C(=O)C(C)(C)c2ccc(NC(=O)c3cnccc3Cl)cc21. The van der Waals surface area contributed by atoms with Crippen LogP contribution in [0.25, 0.3) is 0 Å². The van der Waals surface area contributed by atoms with E-state index >= 15 is 0 Å². The maximum Gasteiger partial charge on any atom is 0.258 e. The van der Waals surface area contributed by atoms with Crippen molar-refractivity contribution in [1.82, 2.24) is 15.0 Å². The summed E-state index contributed by atoms with van der Waals surface area (Å²) in [5, 5.41) is 8.56. The van der Waals surface area contributed by atoms with Crippen molar-refractivity contribution in [2.24, 2.45) is 0 Å². The normalized spacial score (nSPS) is 16.5. The van der Waals surface area contributed by atoms with Gasteiger partial charge in [-0.3, -0.25) is 43.7 Å². The molecule has 3 aromatic heterocycles. The lowest BCUT2D eigenvalue weighted by Gasteiger charge is -2.19. The highest BCUT2D eigenvalue weighted by molar-refractivity contribution is 6.34. The predicted molar refractivity (Wildman–Crippen MR) is 267 cm³/mol. The van der Waals surface area contributed by atoms with Crippen LogP contribution in [0.3, 0.4) is 0 Å². The minimum absolute atomic E-state index is 0.0336. The number of carbonyl (C=O) groups excluding carboxylic acids is 6. The number of hydrogen-bond acceptors (Lipinski definition) is 9. The second kappa shape index (κ2) is 18.6. The van der Waals surface area contributed by atoms with Crippen molar-refractivity contribution in [2.45, 2.75) is 76.7 Å². The lowest BCUT2D eigenvalue weighted by molar-refractivity contribution is -0.122. The molecular formula is C53H51ClFN9O6. The van der Waals surface area contributed by atoms with Crippen LogP contribution in [0.15, 0.2) is 116 Å². The number of fused-ring (bicyclic) bond motifs is 3. The Morgan fingerprint density at radius 1 is 0.586 bits per heavy atom. The standard InChI is InChI=1S/C19H19N3O2.C17H16ClN3O2.C17H16FN3O2/c1-19(2)15-8-5-13(21-17(23)12-4-3-9-20-11-12)10-16(15)22(18(19)24)14-6-7-14;1-17(2)12-5-4-10(8-14(12)21(3)16(17)23)20-15(22)11-9-19-7-6-13(11)18;1-17(2)11-8-12(18)13(9-14(11)21(3)16(17)23)20-15(22)10-4-6-19-7-5-10/h3-5,8-11,14H,6-7H2,1-2H3,(H,21,23);2*4-9H,1-3H3,(H,20,22). The van der Waals surface area contributed by atoms with E-state index in [2.05, 4.69) is 30.9 Å². The first-order valence-electron chi connectivity index (χ1n) is 22.5. The van der Waals surface area contributed by atoms with Crippen LogP contribution < -0.4 is 30.7 Å². The molecule has 0 unspecified atom stereocenters. The fourth-order valence-electron chi connectivity index (χ4n) is 8.84. The van der Waals surface area contributed by atoms with Crippen molar-refractivity contribution < 1.29 is 33.2 Å². The topological polar surface area (TPSA) is 187 Å². The second-order valence-electron chi connectivity index (χ2n) is 19.0. The van der Waals surface area contributed by atoms with Crippen LogP contribution in [0, 0.1) is 5.82 Å². The molecule has 0 spiro atoms. The molecule has 358 valence electrons. The van der Waals surface area contributed by atoms with E-state index in [1.807, 2.05) is 56.9 Å². The fraction of sp³-hybridized carbons (Fsp3) is 0.264. The molecule has 3 aromatic carbocycles. The molecule has 0 bridgehead atoms. The number of rotatable bonds is 7. The summed E-state index contributed by atoms with van der Waals surface area (Å²) >= 11 is 6.01. The quantitative estimate of drug-likeness (QED) is 0.140. The fourth-order valence-corrected chi connectivity index (χ4v) is 9.03. The third-order valence-corrected chi connectivity index (χ3v) is 13.4. The van der Waals surface area contributed by atoms with E-state index in [1.165, 1.54) is 48.0 Å². The number of halogens is 2. The van der Waals surface area contributed by atoms with E-state index in [0.29, 0.717) is 50.4 Å². The largest absolute Gasteiger partial charge is 0.322 e. The molecule has 10 rings (SSSR count). The Morgan fingerprint density at radius 2 is 1.11 bits per heavy atom. The molecule has 0 saturated heterocycles. The van der Waals surface area contributed by atoms with Gasteiger partial charge in [0.05, 0.1) is 43.8 Å². The Kier molecular flexibility index (Phi) is 12.9. The molecule has 0 atom stereocenters. The molecule has 3 aliphatic heterocycles. The van der Waals surface area contributed by atoms with Crippen LogP contribution in [0.5, 0.6) is 0 Å². The van der Waals surface area contributed by atoms with Crippen molar-refractivity contribution in [3.63, 3.8) is 0 Å². The van der Waals surface area contributed by atoms with Gasteiger partial charge in [-0.25, -0.2) is 4.39 Å². The first kappa shape index (κ1) is 48.6. The first-order valence-corrected chi connectivity index (χ1v) is 22.9. The molecule has 3 N–H and O–H groups in total. The van der Waals surface area contributed by atoms with Gasteiger partial charge in [0.15, 0.2) is 0 Å². The van der Waals surface area contributed by atoms with Crippen LogP contribution in [0.2, 0.25) is 5.02 Å². The zero-order chi connectivity index (χ0) is 50.4. The third kappa shape index (κ3) is 9.09. The second-order valence-corrected chi connectivity index (χ2v) is 19.4. The summed E-state index contributed by atoms with van der Waals surface area (Å²) in [6.07, 6.45) is 11.2. The summed E-state index contributed by atoms with van der Waals surface area (Å²) in [7, 11) is 3.38. The van der Waals surface area contributed by atoms with E-state index in [-0.39, 0.29) is 35.2 Å². The molecule has 15 nitrogen and oxygen atoms in total. The average Bonchev–Trinajstić information content (AvgIpc) is 4.11. The van der Waals surface area contributed by atoms with E-state index < -0.39 is 28.0 Å². The molecule has 17 heteroatoms. The van der Waals surface area contributed by atoms with Crippen LogP contribution in [-0.2, 0) is 30.6 Å². The Labute approximate surface area is 409 Å². The average molecular weight is 964 g/mol. The summed E-state index contributed by atoms with van der Waals surface area (Å²) in [6.45, 7) is 11.2. The number of anilines is 6. The van der Waals surface area contributed by atoms with Crippen LogP contribution in [0.4, 0.5) is 38.5 Å². The third-order valence-electron chi connectivity index (χ3n) is 13.1. The molecule has 1 aliphatic carbocycles. The van der Waals surface area contributed by atoms with Crippen LogP contribution in [0.1, 0.15) is 102 Å². The van der Waals surface area contributed by atoms with Gasteiger partial charge in [0.1, 0.15) is 5.82 Å². The van der Waals surface area contributed by atoms with Crippen molar-refractivity contribution in [1.29, 1.82) is 0 Å². The van der Waals surface area contributed by atoms with Gasteiger partial charge in [0, 0.05) is 85.6 Å². The zero-order valence-electron chi connectivity index (χ0n) is 39.8. The van der Waals surface area contributed by atoms with E-state index in [0.717, 1.165) is 35.3 Å². The molecule has 6 heterocycles. The molecule has 4 aliphatic rings. The van der Waals surface area contributed by atoms with Gasteiger partial charge < -0.3 is 30.7 Å². The summed E-state index contributed by atoms with van der Waals surface area (Å²) < 4.78 is 14.4. The number of hydrogen-bond donors (Lipinski definition) is 3. The number of amides is 6. The lowest BCUT2D eigenvalue weighted by atomic mass is 9.86. The van der Waals surface area contributed by atoms with Crippen molar-refractivity contribution in [3.8, 4) is 0 Å². The van der Waals surface area contributed by atoms with E-state index in [4.69, 9.17) is 11.6 Å². The Morgan fingerprint density at radius 3 is 1.71 bits per heavy atom. The summed E-state index contributed by atoms with van der Waals surface area (Å²) in [5.74, 6) is -1.47. The smallest absolute Gasteiger partial charge is 0.258 e. The van der Waals surface area contributed by atoms with Crippen LogP contribution in [-0.4, -0.2) is 70.5 Å². The number of pyridine rings is 3. The Balaban J connectivity index is 0.000000141. The molecule has 70 heavy (non-hydrogen) atoms.